The second-order valence-electron chi connectivity index (χ2n) is 8.61. The Bertz CT molecular complexity index is 1030. The minimum atomic E-state index is 0.150. The largest absolute Gasteiger partial charge is 0.336 e. The Kier molecular flexibility index (Phi) is 5.57. The molecule has 4 nitrogen and oxygen atoms in total. The summed E-state index contributed by atoms with van der Waals surface area (Å²) >= 11 is 1.71. The maximum absolute atomic E-state index is 13.5. The third kappa shape index (κ3) is 3.77. The van der Waals surface area contributed by atoms with Crippen LogP contribution in [0, 0.1) is 6.92 Å². The molecule has 0 radical (unpaired) electrons. The lowest BCUT2D eigenvalue weighted by atomic mass is 9.93. The number of aromatic nitrogens is 1. The number of carbonyl (C=O) groups excluding carboxylic acids is 1. The SMILES string of the molecule is Cc1cc(C(=O)N2CCN(C3CCCCC3)CC2)c2cccc(-c3cccs3)c2n1. The standard InChI is InChI=1S/C25H29N3OS/c1-18-17-22(20-9-5-10-21(24(20)26-18)23-11-6-16-30-23)25(29)28-14-12-27(13-15-28)19-7-3-2-4-8-19/h5-6,9-11,16-17,19H,2-4,7-8,12-15H2,1H3. The molecule has 2 fully saturated rings. The van der Waals surface area contributed by atoms with E-state index in [1.807, 2.05) is 30.0 Å². The minimum absolute atomic E-state index is 0.150. The molecule has 1 aliphatic carbocycles. The highest BCUT2D eigenvalue weighted by molar-refractivity contribution is 7.13. The van der Waals surface area contributed by atoms with Crippen molar-refractivity contribution in [2.75, 3.05) is 26.2 Å². The van der Waals surface area contributed by atoms with Crippen molar-refractivity contribution in [1.29, 1.82) is 0 Å². The van der Waals surface area contributed by atoms with Crippen LogP contribution in [0.15, 0.2) is 41.8 Å². The van der Waals surface area contributed by atoms with Gasteiger partial charge in [-0.1, -0.05) is 43.5 Å². The number of nitrogens with zero attached hydrogens (tertiary/aromatic N) is 3. The van der Waals surface area contributed by atoms with E-state index in [1.54, 1.807) is 11.3 Å². The van der Waals surface area contributed by atoms with Gasteiger partial charge in [0.15, 0.2) is 0 Å². The molecule has 5 heteroatoms. The molecule has 0 bridgehead atoms. The fourth-order valence-electron chi connectivity index (χ4n) is 5.09. The summed E-state index contributed by atoms with van der Waals surface area (Å²) in [6.45, 7) is 5.63. The van der Waals surface area contributed by atoms with Gasteiger partial charge in [-0.3, -0.25) is 14.7 Å². The molecule has 30 heavy (non-hydrogen) atoms. The number of carbonyl (C=O) groups is 1. The van der Waals surface area contributed by atoms with Crippen LogP contribution >= 0.6 is 11.3 Å². The van der Waals surface area contributed by atoms with Crippen LogP contribution < -0.4 is 0 Å². The molecule has 3 heterocycles. The summed E-state index contributed by atoms with van der Waals surface area (Å²) < 4.78 is 0. The maximum Gasteiger partial charge on any atom is 0.254 e. The highest BCUT2D eigenvalue weighted by atomic mass is 32.1. The molecule has 1 aliphatic heterocycles. The first kappa shape index (κ1) is 19.7. The van der Waals surface area contributed by atoms with Gasteiger partial charge in [-0.15, -0.1) is 11.3 Å². The number of amides is 1. The van der Waals surface area contributed by atoms with Crippen LogP contribution in [-0.2, 0) is 0 Å². The van der Waals surface area contributed by atoms with Gasteiger partial charge in [-0.05, 0) is 37.3 Å². The number of benzene rings is 1. The fraction of sp³-hybridized carbons (Fsp3) is 0.440. The molecule has 0 spiro atoms. The Balaban J connectivity index is 1.41. The van der Waals surface area contributed by atoms with Crippen molar-refractivity contribution in [2.24, 2.45) is 0 Å². The van der Waals surface area contributed by atoms with E-state index in [1.165, 1.54) is 37.0 Å². The van der Waals surface area contributed by atoms with Crippen LogP contribution in [0.3, 0.4) is 0 Å². The smallest absolute Gasteiger partial charge is 0.254 e. The van der Waals surface area contributed by atoms with Crippen LogP contribution in [0.25, 0.3) is 21.3 Å². The van der Waals surface area contributed by atoms with Gasteiger partial charge in [0.1, 0.15) is 0 Å². The molecule has 1 saturated carbocycles. The number of thiophene rings is 1. The monoisotopic (exact) mass is 419 g/mol. The molecule has 0 unspecified atom stereocenters. The third-order valence-electron chi connectivity index (χ3n) is 6.68. The first-order valence-corrected chi connectivity index (χ1v) is 12.1. The Labute approximate surface area is 182 Å². The van der Waals surface area contributed by atoms with Crippen LogP contribution in [0.1, 0.15) is 48.2 Å². The Hall–Kier alpha value is -2.24. The van der Waals surface area contributed by atoms with Crippen molar-refractivity contribution < 1.29 is 4.79 Å². The predicted octanol–water partition coefficient (Wildman–Crippen LogP) is 5.36. The zero-order valence-corrected chi connectivity index (χ0v) is 18.5. The second-order valence-corrected chi connectivity index (χ2v) is 9.56. The molecule has 156 valence electrons. The van der Waals surface area contributed by atoms with E-state index in [2.05, 4.69) is 28.5 Å². The molecular weight excluding hydrogens is 390 g/mol. The summed E-state index contributed by atoms with van der Waals surface area (Å²) in [5, 5.41) is 3.05. The molecule has 5 rings (SSSR count). The summed E-state index contributed by atoms with van der Waals surface area (Å²) in [5.74, 6) is 0.150. The quantitative estimate of drug-likeness (QED) is 0.573. The molecule has 2 aromatic heterocycles. The van der Waals surface area contributed by atoms with Gasteiger partial charge in [0.25, 0.3) is 5.91 Å². The number of fused-ring (bicyclic) bond motifs is 1. The molecule has 3 aromatic rings. The topological polar surface area (TPSA) is 36.4 Å². The Morgan fingerprint density at radius 2 is 1.83 bits per heavy atom. The maximum atomic E-state index is 13.5. The second kappa shape index (κ2) is 8.48. The lowest BCUT2D eigenvalue weighted by molar-refractivity contribution is 0.0525. The van der Waals surface area contributed by atoms with E-state index < -0.39 is 0 Å². The number of aryl methyl sites for hydroxylation is 1. The van der Waals surface area contributed by atoms with Gasteiger partial charge < -0.3 is 4.90 Å². The summed E-state index contributed by atoms with van der Waals surface area (Å²) in [6.07, 6.45) is 6.76. The molecule has 0 atom stereocenters. The van der Waals surface area contributed by atoms with Gasteiger partial charge in [-0.2, -0.15) is 0 Å². The van der Waals surface area contributed by atoms with E-state index in [-0.39, 0.29) is 5.91 Å². The number of hydrogen-bond donors (Lipinski definition) is 0. The van der Waals surface area contributed by atoms with Gasteiger partial charge in [0, 0.05) is 53.7 Å². The fourth-order valence-corrected chi connectivity index (χ4v) is 5.84. The minimum Gasteiger partial charge on any atom is -0.336 e. The number of pyridine rings is 1. The molecule has 2 aliphatic rings. The lowest BCUT2D eigenvalue weighted by Crippen LogP contribution is -2.52. The number of para-hydroxylation sites is 1. The first-order chi connectivity index (χ1) is 14.7. The van der Waals surface area contributed by atoms with Crippen molar-refractivity contribution in [3.8, 4) is 10.4 Å². The third-order valence-corrected chi connectivity index (χ3v) is 7.58. The zero-order chi connectivity index (χ0) is 20.5. The predicted molar refractivity (Wildman–Crippen MR) is 124 cm³/mol. The lowest BCUT2D eigenvalue weighted by Gasteiger charge is -2.40. The van der Waals surface area contributed by atoms with Crippen molar-refractivity contribution >= 4 is 28.1 Å². The van der Waals surface area contributed by atoms with Crippen molar-refractivity contribution in [1.82, 2.24) is 14.8 Å². The molecule has 1 saturated heterocycles. The van der Waals surface area contributed by atoms with Crippen LogP contribution in [0.4, 0.5) is 0 Å². The van der Waals surface area contributed by atoms with E-state index in [4.69, 9.17) is 4.98 Å². The molecular formula is C25H29N3OS. The Morgan fingerprint density at radius 3 is 2.57 bits per heavy atom. The number of hydrogen-bond acceptors (Lipinski definition) is 4. The van der Waals surface area contributed by atoms with Gasteiger partial charge in [0.2, 0.25) is 0 Å². The van der Waals surface area contributed by atoms with Crippen LogP contribution in [-0.4, -0.2) is 52.9 Å². The summed E-state index contributed by atoms with van der Waals surface area (Å²) in [6, 6.07) is 13.1. The first-order valence-electron chi connectivity index (χ1n) is 11.2. The van der Waals surface area contributed by atoms with Gasteiger partial charge >= 0.3 is 0 Å². The summed E-state index contributed by atoms with van der Waals surface area (Å²) in [7, 11) is 0. The average molecular weight is 420 g/mol. The van der Waals surface area contributed by atoms with E-state index in [9.17, 15) is 4.79 Å². The number of piperazine rings is 1. The van der Waals surface area contributed by atoms with Crippen molar-refractivity contribution in [3.05, 3.63) is 53.0 Å². The zero-order valence-electron chi connectivity index (χ0n) is 17.6. The molecule has 1 amide bonds. The van der Waals surface area contributed by atoms with Gasteiger partial charge in [-0.25, -0.2) is 0 Å². The highest BCUT2D eigenvalue weighted by Crippen LogP contribution is 2.33. The van der Waals surface area contributed by atoms with E-state index in [0.717, 1.165) is 59.9 Å². The van der Waals surface area contributed by atoms with Crippen LogP contribution in [0.2, 0.25) is 0 Å². The average Bonchev–Trinajstić information content (AvgIpc) is 3.33. The van der Waals surface area contributed by atoms with Crippen molar-refractivity contribution in [2.45, 2.75) is 45.1 Å². The van der Waals surface area contributed by atoms with E-state index in [0.29, 0.717) is 0 Å². The molecule has 1 aromatic carbocycles. The highest BCUT2D eigenvalue weighted by Gasteiger charge is 2.28. The van der Waals surface area contributed by atoms with Crippen molar-refractivity contribution in [3.63, 3.8) is 0 Å². The van der Waals surface area contributed by atoms with Gasteiger partial charge in [0.05, 0.1) is 11.1 Å². The number of rotatable bonds is 3. The Morgan fingerprint density at radius 1 is 1.03 bits per heavy atom. The summed E-state index contributed by atoms with van der Waals surface area (Å²) in [5.41, 5.74) is 3.74. The molecule has 0 N–H and O–H groups in total. The summed E-state index contributed by atoms with van der Waals surface area (Å²) in [4.78, 5) is 24.2. The van der Waals surface area contributed by atoms with E-state index >= 15 is 0 Å². The van der Waals surface area contributed by atoms with Crippen LogP contribution in [0.5, 0.6) is 0 Å². The normalized spacial score (nSPS) is 18.8.